The zero-order valence-corrected chi connectivity index (χ0v) is 13.0. The number of nitro groups is 1. The van der Waals surface area contributed by atoms with Crippen molar-refractivity contribution in [2.24, 2.45) is 0 Å². The molecule has 2 N–H and O–H groups in total. The molecule has 0 bridgehead atoms. The van der Waals surface area contributed by atoms with E-state index in [1.54, 1.807) is 24.3 Å². The molecule has 2 rings (SSSR count). The molecule has 124 valence electrons. The SMILES string of the molecule is CNC(=O)c1ccc(NC(=O)c2ccc(OC)c([N+](=O)[O-])c2)cc1. The Bertz CT molecular complexity index is 787. The molecule has 0 aromatic heterocycles. The van der Waals surface area contributed by atoms with Crippen molar-refractivity contribution in [1.82, 2.24) is 5.32 Å². The van der Waals surface area contributed by atoms with Gasteiger partial charge in [-0.3, -0.25) is 19.7 Å². The van der Waals surface area contributed by atoms with E-state index in [-0.39, 0.29) is 22.9 Å². The van der Waals surface area contributed by atoms with E-state index in [1.807, 2.05) is 0 Å². The predicted octanol–water partition coefficient (Wildman–Crippen LogP) is 2.22. The molecular formula is C16H15N3O5. The highest BCUT2D eigenvalue weighted by molar-refractivity contribution is 6.05. The predicted molar refractivity (Wildman–Crippen MR) is 87.4 cm³/mol. The van der Waals surface area contributed by atoms with Gasteiger partial charge in [0.05, 0.1) is 12.0 Å². The second-order valence-electron chi connectivity index (χ2n) is 4.75. The molecule has 2 amide bonds. The van der Waals surface area contributed by atoms with Crippen molar-refractivity contribution in [1.29, 1.82) is 0 Å². The number of methoxy groups -OCH3 is 1. The second kappa shape index (κ2) is 7.23. The van der Waals surface area contributed by atoms with Crippen molar-refractivity contribution in [2.45, 2.75) is 0 Å². The van der Waals surface area contributed by atoms with Crippen molar-refractivity contribution < 1.29 is 19.2 Å². The van der Waals surface area contributed by atoms with Gasteiger partial charge in [-0.1, -0.05) is 0 Å². The first-order valence-corrected chi connectivity index (χ1v) is 6.92. The van der Waals surface area contributed by atoms with E-state index >= 15 is 0 Å². The monoisotopic (exact) mass is 329 g/mol. The number of nitrogens with zero attached hydrogens (tertiary/aromatic N) is 1. The third kappa shape index (κ3) is 3.67. The van der Waals surface area contributed by atoms with Crippen molar-refractivity contribution in [3.05, 3.63) is 63.7 Å². The molecular weight excluding hydrogens is 314 g/mol. The van der Waals surface area contributed by atoms with Crippen LogP contribution in [0.1, 0.15) is 20.7 Å². The molecule has 0 aliphatic heterocycles. The summed E-state index contributed by atoms with van der Waals surface area (Å²) < 4.78 is 4.89. The van der Waals surface area contributed by atoms with E-state index < -0.39 is 10.8 Å². The topological polar surface area (TPSA) is 111 Å². The number of carbonyl (C=O) groups is 2. The minimum atomic E-state index is -0.617. The van der Waals surface area contributed by atoms with E-state index in [9.17, 15) is 19.7 Å². The molecule has 0 aliphatic rings. The Kier molecular flexibility index (Phi) is 5.10. The second-order valence-corrected chi connectivity index (χ2v) is 4.75. The Morgan fingerprint density at radius 3 is 2.21 bits per heavy atom. The average molecular weight is 329 g/mol. The average Bonchev–Trinajstić information content (AvgIpc) is 2.60. The number of hydrogen-bond acceptors (Lipinski definition) is 5. The van der Waals surface area contributed by atoms with E-state index in [2.05, 4.69) is 10.6 Å². The summed E-state index contributed by atoms with van der Waals surface area (Å²) in [7, 11) is 2.84. The number of ether oxygens (including phenoxy) is 1. The maximum Gasteiger partial charge on any atom is 0.311 e. The molecule has 0 heterocycles. The smallest absolute Gasteiger partial charge is 0.311 e. The molecule has 8 nitrogen and oxygen atoms in total. The highest BCUT2D eigenvalue weighted by Crippen LogP contribution is 2.27. The van der Waals surface area contributed by atoms with Crippen molar-refractivity contribution in [2.75, 3.05) is 19.5 Å². The van der Waals surface area contributed by atoms with Crippen LogP contribution < -0.4 is 15.4 Å². The van der Waals surface area contributed by atoms with Gasteiger partial charge in [0.15, 0.2) is 5.75 Å². The maximum absolute atomic E-state index is 12.2. The fraction of sp³-hybridized carbons (Fsp3) is 0.125. The van der Waals surface area contributed by atoms with Crippen molar-refractivity contribution in [3.8, 4) is 5.75 Å². The summed E-state index contributed by atoms with van der Waals surface area (Å²) in [6.07, 6.45) is 0. The molecule has 0 saturated heterocycles. The van der Waals surface area contributed by atoms with E-state index in [0.29, 0.717) is 11.3 Å². The summed E-state index contributed by atoms with van der Waals surface area (Å²) in [6, 6.07) is 10.2. The molecule has 0 spiro atoms. The van der Waals surface area contributed by atoms with Crippen LogP contribution in [0.15, 0.2) is 42.5 Å². The quantitative estimate of drug-likeness (QED) is 0.645. The first kappa shape index (κ1) is 16.9. The fourth-order valence-electron chi connectivity index (χ4n) is 2.03. The Balaban J connectivity index is 2.19. The summed E-state index contributed by atoms with van der Waals surface area (Å²) in [5.74, 6) is -0.668. The van der Waals surface area contributed by atoms with Crippen molar-refractivity contribution >= 4 is 23.2 Å². The first-order chi connectivity index (χ1) is 11.5. The lowest BCUT2D eigenvalue weighted by molar-refractivity contribution is -0.385. The molecule has 2 aromatic carbocycles. The minimum Gasteiger partial charge on any atom is -0.490 e. The van der Waals surface area contributed by atoms with Gasteiger partial charge in [-0.2, -0.15) is 0 Å². The summed E-state index contributed by atoms with van der Waals surface area (Å²) >= 11 is 0. The largest absolute Gasteiger partial charge is 0.490 e. The number of rotatable bonds is 5. The van der Waals surface area contributed by atoms with Crippen LogP contribution in [0, 0.1) is 10.1 Å². The summed E-state index contributed by atoms with van der Waals surface area (Å²) in [6.45, 7) is 0. The molecule has 8 heteroatoms. The lowest BCUT2D eigenvalue weighted by Gasteiger charge is -2.07. The molecule has 0 radical (unpaired) electrons. The van der Waals surface area contributed by atoms with Crippen LogP contribution in [0.4, 0.5) is 11.4 Å². The van der Waals surface area contributed by atoms with Gasteiger partial charge in [0, 0.05) is 29.9 Å². The standard InChI is InChI=1S/C16H15N3O5/c1-17-15(20)10-3-6-12(7-4-10)18-16(21)11-5-8-14(24-2)13(9-11)19(22)23/h3-9H,1-2H3,(H,17,20)(H,18,21). The van der Waals surface area contributed by atoms with Crippen LogP contribution in [0.25, 0.3) is 0 Å². The van der Waals surface area contributed by atoms with Crippen LogP contribution in [0.2, 0.25) is 0 Å². The maximum atomic E-state index is 12.2. The Labute approximate surface area is 137 Å². The fourth-order valence-corrected chi connectivity index (χ4v) is 2.03. The molecule has 0 aliphatic carbocycles. The molecule has 0 atom stereocenters. The number of nitrogens with one attached hydrogen (secondary N) is 2. The summed E-state index contributed by atoms with van der Waals surface area (Å²) in [5.41, 5.74) is 0.750. The summed E-state index contributed by atoms with van der Waals surface area (Å²) in [4.78, 5) is 34.0. The normalized spacial score (nSPS) is 9.92. The van der Waals surface area contributed by atoms with Crippen LogP contribution in [-0.4, -0.2) is 30.9 Å². The van der Waals surface area contributed by atoms with Gasteiger partial charge in [0.1, 0.15) is 0 Å². The first-order valence-electron chi connectivity index (χ1n) is 6.92. The Hall–Kier alpha value is -3.42. The molecule has 0 fully saturated rings. The zero-order chi connectivity index (χ0) is 17.7. The number of benzene rings is 2. The lowest BCUT2D eigenvalue weighted by Crippen LogP contribution is -2.18. The van der Waals surface area contributed by atoms with Crippen LogP contribution in [-0.2, 0) is 0 Å². The highest BCUT2D eigenvalue weighted by Gasteiger charge is 2.18. The molecule has 0 unspecified atom stereocenters. The summed E-state index contributed by atoms with van der Waals surface area (Å²) in [5, 5.41) is 16.1. The van der Waals surface area contributed by atoms with Gasteiger partial charge >= 0.3 is 5.69 Å². The third-order valence-corrected chi connectivity index (χ3v) is 3.27. The van der Waals surface area contributed by atoms with E-state index in [4.69, 9.17) is 4.74 Å². The van der Waals surface area contributed by atoms with Crippen LogP contribution in [0.3, 0.4) is 0 Å². The number of hydrogen-bond donors (Lipinski definition) is 2. The van der Waals surface area contributed by atoms with Crippen LogP contribution >= 0.6 is 0 Å². The number of anilines is 1. The van der Waals surface area contributed by atoms with Gasteiger partial charge in [-0.15, -0.1) is 0 Å². The molecule has 0 saturated carbocycles. The minimum absolute atomic E-state index is 0.0754. The number of amides is 2. The molecule has 2 aromatic rings. The van der Waals surface area contributed by atoms with E-state index in [0.717, 1.165) is 6.07 Å². The van der Waals surface area contributed by atoms with Gasteiger partial charge in [-0.25, -0.2) is 0 Å². The Morgan fingerprint density at radius 1 is 1.04 bits per heavy atom. The van der Waals surface area contributed by atoms with E-state index in [1.165, 1.54) is 26.3 Å². The number of nitro benzene ring substituents is 1. The Morgan fingerprint density at radius 2 is 1.67 bits per heavy atom. The zero-order valence-electron chi connectivity index (χ0n) is 13.0. The van der Waals surface area contributed by atoms with Gasteiger partial charge < -0.3 is 15.4 Å². The van der Waals surface area contributed by atoms with Gasteiger partial charge in [0.25, 0.3) is 11.8 Å². The molecule has 24 heavy (non-hydrogen) atoms. The number of carbonyl (C=O) groups excluding carboxylic acids is 2. The lowest BCUT2D eigenvalue weighted by atomic mass is 10.1. The third-order valence-electron chi connectivity index (χ3n) is 3.27. The highest BCUT2D eigenvalue weighted by atomic mass is 16.6. The van der Waals surface area contributed by atoms with Gasteiger partial charge in [-0.05, 0) is 36.4 Å². The van der Waals surface area contributed by atoms with Gasteiger partial charge in [0.2, 0.25) is 0 Å². The van der Waals surface area contributed by atoms with Crippen molar-refractivity contribution in [3.63, 3.8) is 0 Å². The van der Waals surface area contributed by atoms with Crippen LogP contribution in [0.5, 0.6) is 5.75 Å².